The summed E-state index contributed by atoms with van der Waals surface area (Å²) in [6.07, 6.45) is -0.788. The first-order valence-corrected chi connectivity index (χ1v) is 11.5. The molecule has 1 aliphatic carbocycles. The van der Waals surface area contributed by atoms with E-state index in [1.807, 2.05) is 36.4 Å². The van der Waals surface area contributed by atoms with Crippen molar-refractivity contribution in [1.82, 2.24) is 25.7 Å². The topological polar surface area (TPSA) is 127 Å². The molecule has 0 saturated carbocycles. The summed E-state index contributed by atoms with van der Waals surface area (Å²) in [6.45, 7) is 1.77. The van der Waals surface area contributed by atoms with E-state index in [0.717, 1.165) is 22.3 Å². The van der Waals surface area contributed by atoms with Crippen LogP contribution in [0.3, 0.4) is 0 Å². The van der Waals surface area contributed by atoms with Crippen LogP contribution in [0, 0.1) is 6.92 Å². The number of hydrogen-bond acceptors (Lipinski definition) is 7. The molecule has 0 aliphatic heterocycles. The Labute approximate surface area is 207 Å². The zero-order valence-corrected chi connectivity index (χ0v) is 19.5. The molecule has 9 heteroatoms. The fraction of sp³-hybridized carbons (Fsp3) is 0.185. The number of carbonyl (C=O) groups excluding carboxylic acids is 1. The van der Waals surface area contributed by atoms with Crippen LogP contribution in [0.15, 0.2) is 72.8 Å². The van der Waals surface area contributed by atoms with Crippen molar-refractivity contribution in [3.8, 4) is 22.5 Å². The van der Waals surface area contributed by atoms with Crippen LogP contribution < -0.4 is 5.32 Å². The highest BCUT2D eigenvalue weighted by Gasteiger charge is 2.30. The Morgan fingerprint density at radius 3 is 2.03 bits per heavy atom. The van der Waals surface area contributed by atoms with Gasteiger partial charge in [-0.3, -0.25) is 0 Å². The minimum absolute atomic E-state index is 0.00688. The van der Waals surface area contributed by atoms with Gasteiger partial charge in [-0.1, -0.05) is 72.8 Å². The molecule has 0 fully saturated rings. The van der Waals surface area contributed by atoms with Gasteiger partial charge in [0.1, 0.15) is 12.6 Å². The Balaban J connectivity index is 1.29. The summed E-state index contributed by atoms with van der Waals surface area (Å²) in [6, 6.07) is 21.9. The molecule has 1 amide bonds. The average molecular weight is 482 g/mol. The van der Waals surface area contributed by atoms with Crippen LogP contribution in [0.25, 0.3) is 22.5 Å². The lowest BCUT2D eigenvalue weighted by molar-refractivity contribution is -0.139. The third kappa shape index (κ3) is 4.63. The van der Waals surface area contributed by atoms with Gasteiger partial charge < -0.3 is 15.2 Å². The summed E-state index contributed by atoms with van der Waals surface area (Å²) >= 11 is 0. The van der Waals surface area contributed by atoms with Crippen molar-refractivity contribution in [2.75, 3.05) is 6.61 Å². The van der Waals surface area contributed by atoms with Crippen LogP contribution in [0.1, 0.15) is 28.4 Å². The largest absolute Gasteiger partial charge is 0.480 e. The molecule has 1 atom stereocenters. The van der Waals surface area contributed by atoms with Crippen LogP contribution in [0.5, 0.6) is 0 Å². The number of alkyl carbamates (subject to hydrolysis) is 1. The summed E-state index contributed by atoms with van der Waals surface area (Å²) in [7, 11) is 0. The Morgan fingerprint density at radius 2 is 1.42 bits per heavy atom. The molecule has 1 heterocycles. The number of hydrogen-bond donors (Lipinski definition) is 2. The highest BCUT2D eigenvalue weighted by Crippen LogP contribution is 2.44. The van der Waals surface area contributed by atoms with Crippen molar-refractivity contribution in [2.24, 2.45) is 0 Å². The van der Waals surface area contributed by atoms with Crippen LogP contribution in [0.2, 0.25) is 0 Å². The maximum absolute atomic E-state index is 12.7. The molecule has 0 unspecified atom stereocenters. The maximum Gasteiger partial charge on any atom is 0.407 e. The number of carbonyl (C=O) groups is 2. The number of amides is 1. The zero-order valence-electron chi connectivity index (χ0n) is 19.5. The average Bonchev–Trinajstić information content (AvgIpc) is 3.21. The molecule has 5 rings (SSSR count). The first-order valence-electron chi connectivity index (χ1n) is 11.5. The molecule has 0 bridgehead atoms. The first-order chi connectivity index (χ1) is 17.5. The molecule has 3 aromatic carbocycles. The van der Waals surface area contributed by atoms with Gasteiger partial charge in [0.25, 0.3) is 0 Å². The van der Waals surface area contributed by atoms with Crippen molar-refractivity contribution in [3.05, 3.63) is 95.3 Å². The van der Waals surface area contributed by atoms with Gasteiger partial charge in [0.2, 0.25) is 5.82 Å². The number of nitrogens with zero attached hydrogens (tertiary/aromatic N) is 4. The minimum Gasteiger partial charge on any atom is -0.480 e. The van der Waals surface area contributed by atoms with Crippen LogP contribution in [-0.4, -0.2) is 50.2 Å². The van der Waals surface area contributed by atoms with Crippen LogP contribution >= 0.6 is 0 Å². The quantitative estimate of drug-likeness (QED) is 0.408. The fourth-order valence-electron chi connectivity index (χ4n) is 4.51. The molecular formula is C27H23N5O4. The molecule has 4 aromatic rings. The second kappa shape index (κ2) is 9.91. The number of rotatable bonds is 7. The summed E-state index contributed by atoms with van der Waals surface area (Å²) in [4.78, 5) is 24.7. The highest BCUT2D eigenvalue weighted by atomic mass is 16.5. The van der Waals surface area contributed by atoms with E-state index in [4.69, 9.17) is 4.74 Å². The van der Waals surface area contributed by atoms with Gasteiger partial charge in [-0.2, -0.15) is 0 Å². The summed E-state index contributed by atoms with van der Waals surface area (Å²) in [5.74, 6) is -0.594. The third-order valence-electron chi connectivity index (χ3n) is 6.20. The van der Waals surface area contributed by atoms with Gasteiger partial charge in [-0.15, -0.1) is 20.4 Å². The van der Waals surface area contributed by atoms with Crippen molar-refractivity contribution in [3.63, 3.8) is 0 Å². The first kappa shape index (κ1) is 23.1. The lowest BCUT2D eigenvalue weighted by atomic mass is 9.98. The van der Waals surface area contributed by atoms with Crippen LogP contribution in [0.4, 0.5) is 4.79 Å². The molecule has 1 aliphatic rings. The number of nitrogens with one attached hydrogen (secondary N) is 1. The van der Waals surface area contributed by atoms with E-state index >= 15 is 0 Å². The van der Waals surface area contributed by atoms with E-state index in [1.165, 1.54) is 0 Å². The molecule has 0 radical (unpaired) electrons. The van der Waals surface area contributed by atoms with Crippen LogP contribution in [-0.2, 0) is 16.0 Å². The number of aryl methyl sites for hydroxylation is 1. The number of fused-ring (bicyclic) bond motifs is 3. The standard InChI is InChI=1S/C27H23N5O4/c1-16-29-31-25(32-30-16)18-9-3-2-8-17(18)14-24(26(33)34)28-27(35)36-15-23-21-12-6-4-10-19(21)20-11-5-7-13-22(20)23/h2-13,23-24H,14-15H2,1H3,(H,28,35)(H,33,34)/t24-/m0/s1. The predicted octanol–water partition coefficient (Wildman–Crippen LogP) is 3.78. The third-order valence-corrected chi connectivity index (χ3v) is 6.20. The van der Waals surface area contributed by atoms with Gasteiger partial charge in [-0.25, -0.2) is 9.59 Å². The Kier molecular flexibility index (Phi) is 6.36. The molecule has 0 saturated heterocycles. The number of carboxylic acids is 1. The molecule has 2 N–H and O–H groups in total. The minimum atomic E-state index is -1.21. The van der Waals surface area contributed by atoms with E-state index < -0.39 is 18.1 Å². The monoisotopic (exact) mass is 481 g/mol. The van der Waals surface area contributed by atoms with Crippen molar-refractivity contribution in [1.29, 1.82) is 0 Å². The Morgan fingerprint density at radius 1 is 0.861 bits per heavy atom. The highest BCUT2D eigenvalue weighted by molar-refractivity contribution is 5.81. The Bertz CT molecular complexity index is 1380. The van der Waals surface area contributed by atoms with Gasteiger partial charge in [0, 0.05) is 17.9 Å². The normalized spacial score (nSPS) is 12.9. The SMILES string of the molecule is Cc1nnc(-c2ccccc2C[C@H](NC(=O)OCC2c3ccccc3-c3ccccc32)C(=O)O)nn1. The van der Waals surface area contributed by atoms with E-state index in [0.29, 0.717) is 17.0 Å². The predicted molar refractivity (Wildman–Crippen MR) is 131 cm³/mol. The lowest BCUT2D eigenvalue weighted by Gasteiger charge is -2.18. The van der Waals surface area contributed by atoms with Gasteiger partial charge >= 0.3 is 12.1 Å². The van der Waals surface area contributed by atoms with E-state index in [-0.39, 0.29) is 24.8 Å². The summed E-state index contributed by atoms with van der Waals surface area (Å²) < 4.78 is 5.53. The van der Waals surface area contributed by atoms with E-state index in [1.54, 1.807) is 31.2 Å². The lowest BCUT2D eigenvalue weighted by Crippen LogP contribution is -2.43. The van der Waals surface area contributed by atoms with Crippen molar-refractivity contribution >= 4 is 12.1 Å². The summed E-state index contributed by atoms with van der Waals surface area (Å²) in [5.41, 5.74) is 5.62. The van der Waals surface area contributed by atoms with Crippen molar-refractivity contribution in [2.45, 2.75) is 25.3 Å². The van der Waals surface area contributed by atoms with Gasteiger partial charge in [-0.05, 0) is 34.7 Å². The maximum atomic E-state index is 12.7. The molecule has 9 nitrogen and oxygen atoms in total. The molecule has 1 aromatic heterocycles. The number of aromatic nitrogens is 4. The van der Waals surface area contributed by atoms with Gasteiger partial charge in [0.15, 0.2) is 5.82 Å². The Hall–Kier alpha value is -4.66. The fourth-order valence-corrected chi connectivity index (χ4v) is 4.51. The second-order valence-electron chi connectivity index (χ2n) is 8.49. The van der Waals surface area contributed by atoms with E-state index in [9.17, 15) is 14.7 Å². The summed E-state index contributed by atoms with van der Waals surface area (Å²) in [5, 5.41) is 28.2. The molecule has 0 spiro atoms. The molecule has 180 valence electrons. The number of aliphatic carboxylic acids is 1. The second-order valence-corrected chi connectivity index (χ2v) is 8.49. The van der Waals surface area contributed by atoms with Gasteiger partial charge in [0.05, 0.1) is 0 Å². The molecule has 36 heavy (non-hydrogen) atoms. The number of ether oxygens (including phenoxy) is 1. The number of carboxylic acid groups (broad SMARTS) is 1. The number of benzene rings is 3. The van der Waals surface area contributed by atoms with E-state index in [2.05, 4.69) is 37.8 Å². The van der Waals surface area contributed by atoms with Crippen molar-refractivity contribution < 1.29 is 19.4 Å². The zero-order chi connectivity index (χ0) is 25.1. The molecular weight excluding hydrogens is 458 g/mol. The smallest absolute Gasteiger partial charge is 0.407 e.